The molecule has 1 amide bonds. The Morgan fingerprint density at radius 3 is 2.28 bits per heavy atom. The zero-order valence-corrected chi connectivity index (χ0v) is 29.7. The first-order valence-electron chi connectivity index (χ1n) is 17.0. The van der Waals surface area contributed by atoms with Crippen molar-refractivity contribution in [3.8, 4) is 11.3 Å². The Bertz CT molecular complexity index is 2030. The lowest BCUT2D eigenvalue weighted by Crippen LogP contribution is -2.41. The van der Waals surface area contributed by atoms with Crippen LogP contribution in [0.1, 0.15) is 59.4 Å². The fourth-order valence-electron chi connectivity index (χ4n) is 6.97. The number of aromatic nitrogens is 2. The number of nitrogens with zero attached hydrogens (tertiary/aromatic N) is 5. The van der Waals surface area contributed by atoms with Crippen molar-refractivity contribution in [3.05, 3.63) is 120 Å². The van der Waals surface area contributed by atoms with Crippen molar-refractivity contribution in [3.63, 3.8) is 0 Å². The van der Waals surface area contributed by atoms with Gasteiger partial charge in [-0.15, -0.1) is 11.3 Å². The van der Waals surface area contributed by atoms with E-state index in [2.05, 4.69) is 53.0 Å². The van der Waals surface area contributed by atoms with Gasteiger partial charge in [-0.2, -0.15) is 0 Å². The van der Waals surface area contributed by atoms with Crippen LogP contribution in [-0.4, -0.2) is 61.7 Å². The summed E-state index contributed by atoms with van der Waals surface area (Å²) in [5.74, 6) is 0.155. The van der Waals surface area contributed by atoms with E-state index in [-0.39, 0.29) is 23.8 Å². The highest BCUT2D eigenvalue weighted by atomic mass is 32.1. The average Bonchev–Trinajstić information content (AvgIpc) is 3.84. The Labute approximate surface area is 295 Å². The molecule has 1 aliphatic rings. The third-order valence-corrected chi connectivity index (χ3v) is 11.0. The van der Waals surface area contributed by atoms with E-state index in [0.29, 0.717) is 31.5 Å². The number of amides is 1. The quantitative estimate of drug-likeness (QED) is 0.0976. The zero-order chi connectivity index (χ0) is 35.6. The molecule has 50 heavy (non-hydrogen) atoms. The van der Waals surface area contributed by atoms with Crippen LogP contribution < -0.4 is 0 Å². The molecule has 0 saturated carbocycles. The number of aromatic amines is 1. The molecule has 0 aliphatic carbocycles. The summed E-state index contributed by atoms with van der Waals surface area (Å²) in [6.45, 7) is 11.2. The van der Waals surface area contributed by atoms with E-state index < -0.39 is 15.3 Å². The number of aryl methyl sites for hydroxylation is 2. The van der Waals surface area contributed by atoms with Gasteiger partial charge in [0.2, 0.25) is 5.91 Å². The second-order valence-corrected chi connectivity index (χ2v) is 14.8. The topological polar surface area (TPSA) is 139 Å². The van der Waals surface area contributed by atoms with Crippen LogP contribution in [0, 0.1) is 34.1 Å². The molecule has 1 aliphatic heterocycles. The highest BCUT2D eigenvalue weighted by Crippen LogP contribution is 2.41. The normalized spacial score (nSPS) is 13.4. The molecule has 3 aromatic heterocycles. The van der Waals surface area contributed by atoms with Crippen LogP contribution in [0.3, 0.4) is 0 Å². The molecule has 6 rings (SSSR count). The monoisotopic (exact) mass is 694 g/mol. The highest BCUT2D eigenvalue weighted by Gasteiger charge is 2.37. The molecule has 0 unspecified atom stereocenters. The van der Waals surface area contributed by atoms with E-state index in [9.17, 15) is 25.0 Å². The number of likely N-dealkylation sites (tertiary alicyclic amines) is 1. The largest absolute Gasteiger partial charge is 0.346 e. The number of nitro benzene ring substituents is 2. The van der Waals surface area contributed by atoms with Crippen LogP contribution in [0.2, 0.25) is 0 Å². The van der Waals surface area contributed by atoms with Gasteiger partial charge in [0.05, 0.1) is 27.0 Å². The molecule has 0 spiro atoms. The SMILES string of the molecule is Cc1cc(C)cc(-c2[nH]c3sc(C(C)(C)C(=O)N4CCCC4)cc3c2CCN(CCc2ccncc2)Cc2ccc([N+](=O)[O-])cc2[N+](=O)[O-])c1. The summed E-state index contributed by atoms with van der Waals surface area (Å²) in [5, 5.41) is 24.5. The minimum absolute atomic E-state index is 0.155. The Kier molecular flexibility index (Phi) is 10.1. The van der Waals surface area contributed by atoms with Gasteiger partial charge in [-0.05, 0) is 106 Å². The van der Waals surface area contributed by atoms with Crippen molar-refractivity contribution in [1.82, 2.24) is 19.8 Å². The number of carbonyl (C=O) groups is 1. The number of nitro groups is 2. The third kappa shape index (κ3) is 7.46. The summed E-state index contributed by atoms with van der Waals surface area (Å²) in [5.41, 5.74) is 5.84. The molecule has 0 atom stereocenters. The Morgan fingerprint density at radius 2 is 1.62 bits per heavy atom. The molecule has 0 radical (unpaired) electrons. The molecule has 1 fully saturated rings. The van der Waals surface area contributed by atoms with E-state index in [1.165, 1.54) is 12.1 Å². The van der Waals surface area contributed by atoms with E-state index in [1.54, 1.807) is 23.7 Å². The number of rotatable bonds is 13. The molecule has 260 valence electrons. The maximum absolute atomic E-state index is 13.7. The first-order valence-corrected chi connectivity index (χ1v) is 17.8. The number of non-ortho nitro benzene ring substituents is 1. The molecule has 11 nitrogen and oxygen atoms in total. The van der Waals surface area contributed by atoms with Crippen molar-refractivity contribution in [2.75, 3.05) is 26.2 Å². The van der Waals surface area contributed by atoms with Crippen LogP contribution in [-0.2, 0) is 29.6 Å². The van der Waals surface area contributed by atoms with Crippen molar-refractivity contribution in [1.29, 1.82) is 0 Å². The fraction of sp³-hybridized carbons (Fsp3) is 0.368. The second kappa shape index (κ2) is 14.5. The summed E-state index contributed by atoms with van der Waals surface area (Å²) < 4.78 is 0. The van der Waals surface area contributed by atoms with Crippen LogP contribution in [0.15, 0.2) is 67.0 Å². The number of fused-ring (bicyclic) bond motifs is 1. The molecule has 5 aromatic rings. The average molecular weight is 695 g/mol. The van der Waals surface area contributed by atoms with Crippen LogP contribution in [0.25, 0.3) is 21.5 Å². The first-order chi connectivity index (χ1) is 23.9. The molecule has 2 aromatic carbocycles. The van der Waals surface area contributed by atoms with Crippen LogP contribution in [0.4, 0.5) is 11.4 Å². The van der Waals surface area contributed by atoms with E-state index >= 15 is 0 Å². The predicted octanol–water partition coefficient (Wildman–Crippen LogP) is 7.91. The van der Waals surface area contributed by atoms with E-state index in [4.69, 9.17) is 0 Å². The third-order valence-electron chi connectivity index (χ3n) is 9.67. The van der Waals surface area contributed by atoms with Gasteiger partial charge < -0.3 is 9.88 Å². The van der Waals surface area contributed by atoms with Crippen molar-refractivity contribution < 1.29 is 14.6 Å². The smallest absolute Gasteiger partial charge is 0.280 e. The molecular weight excluding hydrogens is 653 g/mol. The summed E-state index contributed by atoms with van der Waals surface area (Å²) in [6, 6.07) is 16.5. The molecule has 1 saturated heterocycles. The number of H-pyrrole nitrogens is 1. The van der Waals surface area contributed by atoms with Crippen molar-refractivity contribution >= 4 is 38.8 Å². The van der Waals surface area contributed by atoms with Gasteiger partial charge in [-0.1, -0.05) is 17.2 Å². The molecule has 1 N–H and O–H groups in total. The summed E-state index contributed by atoms with van der Waals surface area (Å²) in [6.07, 6.45) is 6.91. The minimum Gasteiger partial charge on any atom is -0.346 e. The van der Waals surface area contributed by atoms with Gasteiger partial charge in [-0.25, -0.2) is 0 Å². The van der Waals surface area contributed by atoms with E-state index in [0.717, 1.165) is 80.6 Å². The second-order valence-electron chi connectivity index (χ2n) is 13.8. The van der Waals surface area contributed by atoms with Gasteiger partial charge in [0, 0.05) is 67.0 Å². The van der Waals surface area contributed by atoms with Crippen molar-refractivity contribution in [2.45, 2.75) is 65.3 Å². The number of benzene rings is 2. The Hall–Kier alpha value is -4.94. The van der Waals surface area contributed by atoms with Crippen LogP contribution >= 0.6 is 11.3 Å². The number of hydrogen-bond acceptors (Lipinski definition) is 8. The van der Waals surface area contributed by atoms with Crippen LogP contribution in [0.5, 0.6) is 0 Å². The Balaban J connectivity index is 1.37. The minimum atomic E-state index is -0.669. The van der Waals surface area contributed by atoms with Gasteiger partial charge in [0.1, 0.15) is 4.83 Å². The standard InChI is InChI=1S/C38H42N6O5S/c1-25-19-26(2)21-29(20-25)35-31(32-23-34(50-36(32)40-35)38(3,4)37(45)42-15-5-6-16-42)12-18-41(17-11-27-9-13-39-14-10-27)24-28-7-8-30(43(46)47)22-33(28)44(48)49/h7-10,13-14,19-23,40H,5-6,11-12,15-18,24H2,1-4H3. The molecular formula is C38H42N6O5S. The lowest BCUT2D eigenvalue weighted by atomic mass is 9.89. The number of thiophene rings is 1. The van der Waals surface area contributed by atoms with Gasteiger partial charge in [0.15, 0.2) is 0 Å². The lowest BCUT2D eigenvalue weighted by molar-refractivity contribution is -0.394. The summed E-state index contributed by atoms with van der Waals surface area (Å²) in [4.78, 5) is 50.0. The zero-order valence-electron chi connectivity index (χ0n) is 28.9. The summed E-state index contributed by atoms with van der Waals surface area (Å²) >= 11 is 1.63. The number of pyridine rings is 1. The fourth-order valence-corrected chi connectivity index (χ4v) is 8.16. The summed E-state index contributed by atoms with van der Waals surface area (Å²) in [7, 11) is 0. The lowest BCUT2D eigenvalue weighted by Gasteiger charge is -2.28. The highest BCUT2D eigenvalue weighted by molar-refractivity contribution is 7.19. The maximum atomic E-state index is 13.7. The number of carbonyl (C=O) groups excluding carboxylic acids is 1. The molecule has 0 bridgehead atoms. The van der Waals surface area contributed by atoms with Crippen molar-refractivity contribution in [2.24, 2.45) is 0 Å². The maximum Gasteiger partial charge on any atom is 0.280 e. The Morgan fingerprint density at radius 1 is 0.940 bits per heavy atom. The van der Waals surface area contributed by atoms with Gasteiger partial charge in [0.25, 0.3) is 11.4 Å². The molecule has 12 heteroatoms. The number of hydrogen-bond donors (Lipinski definition) is 1. The van der Waals surface area contributed by atoms with Gasteiger partial charge in [-0.3, -0.25) is 34.9 Å². The first kappa shape index (κ1) is 34.9. The molecule has 4 heterocycles. The number of nitrogens with one attached hydrogen (secondary N) is 1. The van der Waals surface area contributed by atoms with E-state index in [1.807, 2.05) is 30.9 Å². The van der Waals surface area contributed by atoms with Gasteiger partial charge >= 0.3 is 0 Å². The predicted molar refractivity (Wildman–Crippen MR) is 197 cm³/mol.